The normalized spacial score (nSPS) is 21.0. The third-order valence-corrected chi connectivity index (χ3v) is 5.56. The van der Waals surface area contributed by atoms with Crippen molar-refractivity contribution < 1.29 is 14.3 Å². The van der Waals surface area contributed by atoms with E-state index in [-0.39, 0.29) is 5.92 Å². The van der Waals surface area contributed by atoms with Gasteiger partial charge in [0.1, 0.15) is 0 Å². The van der Waals surface area contributed by atoms with Gasteiger partial charge in [-0.1, -0.05) is 20.3 Å². The second kappa shape index (κ2) is 11.2. The van der Waals surface area contributed by atoms with Gasteiger partial charge in [0, 0.05) is 25.1 Å². The number of ether oxygens (including phenoxy) is 1. The van der Waals surface area contributed by atoms with E-state index < -0.39 is 11.9 Å². The van der Waals surface area contributed by atoms with Crippen LogP contribution in [0.1, 0.15) is 83.4 Å². The minimum absolute atomic E-state index is 0.292. The van der Waals surface area contributed by atoms with Gasteiger partial charge in [0.25, 0.3) is 0 Å². The molecule has 6 nitrogen and oxygen atoms in total. The number of nitrogens with two attached hydrogens (primary N) is 1. The van der Waals surface area contributed by atoms with E-state index in [0.29, 0.717) is 31.8 Å². The molecule has 1 atom stereocenters. The molecule has 1 aromatic rings. The van der Waals surface area contributed by atoms with Crippen LogP contribution in [0.25, 0.3) is 0 Å². The predicted octanol–water partition coefficient (Wildman–Crippen LogP) is 3.79. The van der Waals surface area contributed by atoms with Gasteiger partial charge in [-0.15, -0.1) is 0 Å². The zero-order chi connectivity index (χ0) is 19.6. The van der Waals surface area contributed by atoms with Crippen LogP contribution in [0.4, 0.5) is 0 Å². The number of nitrogens with zero attached hydrogens (tertiary/aromatic N) is 2. The second-order valence-corrected chi connectivity index (χ2v) is 7.95. The molecule has 0 amide bonds. The Morgan fingerprint density at radius 3 is 2.70 bits per heavy atom. The van der Waals surface area contributed by atoms with Crippen LogP contribution >= 0.6 is 0 Å². The molecule has 6 heteroatoms. The van der Waals surface area contributed by atoms with Crippen LogP contribution in [0.5, 0.6) is 0 Å². The Hall–Kier alpha value is -1.69. The molecule has 0 aliphatic heterocycles. The van der Waals surface area contributed by atoms with E-state index in [2.05, 4.69) is 22.7 Å². The minimum atomic E-state index is -0.439. The summed E-state index contributed by atoms with van der Waals surface area (Å²) in [5.74, 6) is -0.425. The summed E-state index contributed by atoms with van der Waals surface area (Å²) in [5.41, 5.74) is 6.49. The molecule has 0 spiro atoms. The maximum absolute atomic E-state index is 12.5. The van der Waals surface area contributed by atoms with Crippen molar-refractivity contribution in [3.05, 3.63) is 18.2 Å². The molecule has 0 radical (unpaired) electrons. The zero-order valence-electron chi connectivity index (χ0n) is 16.9. The average molecular weight is 378 g/mol. The monoisotopic (exact) mass is 377 g/mol. The molecule has 1 aliphatic carbocycles. The summed E-state index contributed by atoms with van der Waals surface area (Å²) in [7, 11) is 0. The minimum Gasteiger partial charge on any atom is -0.393 e. The lowest BCUT2D eigenvalue weighted by Crippen LogP contribution is -2.24. The predicted molar refractivity (Wildman–Crippen MR) is 105 cm³/mol. The summed E-state index contributed by atoms with van der Waals surface area (Å²) >= 11 is 0. The van der Waals surface area contributed by atoms with Crippen molar-refractivity contribution in [2.24, 2.45) is 17.6 Å². The van der Waals surface area contributed by atoms with Crippen LogP contribution < -0.4 is 5.73 Å². The maximum Gasteiger partial charge on any atom is 0.316 e. The molecule has 0 unspecified atom stereocenters. The van der Waals surface area contributed by atoms with Crippen molar-refractivity contribution in [1.82, 2.24) is 9.55 Å². The fraction of sp³-hybridized carbons (Fsp3) is 0.762. The van der Waals surface area contributed by atoms with Crippen LogP contribution in [0.15, 0.2) is 12.5 Å². The van der Waals surface area contributed by atoms with E-state index in [0.717, 1.165) is 30.9 Å². The molecule has 0 saturated heterocycles. The Bertz CT molecular complexity index is 591. The van der Waals surface area contributed by atoms with Crippen molar-refractivity contribution in [3.8, 4) is 0 Å². The summed E-state index contributed by atoms with van der Waals surface area (Å²) < 4.78 is 7.26. The SMILES string of the molecule is CCCCC(=O)OC(=O)[C@@H](CCCN)Cc1cn(C2CCC(C)CC2)cn1. The second-order valence-electron chi connectivity index (χ2n) is 7.95. The van der Waals surface area contributed by atoms with Gasteiger partial charge >= 0.3 is 11.9 Å². The lowest BCUT2D eigenvalue weighted by molar-refractivity contribution is -0.162. The van der Waals surface area contributed by atoms with Crippen LogP contribution in [0.2, 0.25) is 0 Å². The van der Waals surface area contributed by atoms with Gasteiger partial charge in [-0.05, 0) is 57.4 Å². The van der Waals surface area contributed by atoms with Gasteiger partial charge in [0.2, 0.25) is 0 Å². The molecule has 0 bridgehead atoms. The third kappa shape index (κ3) is 7.09. The summed E-state index contributed by atoms with van der Waals surface area (Å²) in [6.45, 7) is 4.83. The molecule has 1 aliphatic rings. The zero-order valence-corrected chi connectivity index (χ0v) is 16.9. The number of rotatable bonds is 10. The highest BCUT2D eigenvalue weighted by atomic mass is 16.6. The van der Waals surface area contributed by atoms with Gasteiger partial charge in [0.05, 0.1) is 17.9 Å². The number of aromatic nitrogens is 2. The molecule has 2 rings (SSSR count). The van der Waals surface area contributed by atoms with Gasteiger partial charge in [-0.2, -0.15) is 0 Å². The fourth-order valence-corrected chi connectivity index (χ4v) is 3.71. The Morgan fingerprint density at radius 2 is 2.04 bits per heavy atom. The first-order valence-corrected chi connectivity index (χ1v) is 10.5. The lowest BCUT2D eigenvalue weighted by atomic mass is 9.87. The first-order valence-electron chi connectivity index (χ1n) is 10.5. The highest BCUT2D eigenvalue weighted by Crippen LogP contribution is 2.32. The molecule has 1 heterocycles. The van der Waals surface area contributed by atoms with Crippen molar-refractivity contribution in [2.45, 2.75) is 84.1 Å². The van der Waals surface area contributed by atoms with Crippen LogP contribution in [-0.2, 0) is 20.7 Å². The van der Waals surface area contributed by atoms with E-state index in [1.807, 2.05) is 13.3 Å². The van der Waals surface area contributed by atoms with Crippen LogP contribution in [0, 0.1) is 11.8 Å². The standard InChI is InChI=1S/C21H35N3O3/c1-3-4-7-20(25)27-21(26)17(6-5-12-22)13-18-14-24(15-23-18)19-10-8-16(2)9-11-19/h14-17,19H,3-13,22H2,1-2H3/t16?,17-,19?/m0/s1. The van der Waals surface area contributed by atoms with E-state index in [4.69, 9.17) is 10.5 Å². The van der Waals surface area contributed by atoms with E-state index in [1.165, 1.54) is 25.7 Å². The topological polar surface area (TPSA) is 87.2 Å². The molecule has 2 N–H and O–H groups in total. The number of imidazole rings is 1. The smallest absolute Gasteiger partial charge is 0.316 e. The Morgan fingerprint density at radius 1 is 1.30 bits per heavy atom. The van der Waals surface area contributed by atoms with Crippen molar-refractivity contribution >= 4 is 11.9 Å². The number of unbranched alkanes of at least 4 members (excludes halogenated alkanes) is 1. The number of esters is 2. The number of hydrogen-bond donors (Lipinski definition) is 1. The molecular weight excluding hydrogens is 342 g/mol. The van der Waals surface area contributed by atoms with Crippen molar-refractivity contribution in [1.29, 1.82) is 0 Å². The number of carbonyl (C=O) groups excluding carboxylic acids is 2. The molecule has 1 saturated carbocycles. The largest absolute Gasteiger partial charge is 0.393 e. The number of carbonyl (C=O) groups is 2. The molecular formula is C21H35N3O3. The summed E-state index contributed by atoms with van der Waals surface area (Å²) in [5, 5.41) is 0. The number of hydrogen-bond acceptors (Lipinski definition) is 5. The van der Waals surface area contributed by atoms with E-state index in [1.54, 1.807) is 0 Å². The maximum atomic E-state index is 12.5. The highest BCUT2D eigenvalue weighted by molar-refractivity contribution is 5.86. The fourth-order valence-electron chi connectivity index (χ4n) is 3.71. The summed E-state index contributed by atoms with van der Waals surface area (Å²) in [6, 6.07) is 0.507. The quantitative estimate of drug-likeness (QED) is 0.495. The average Bonchev–Trinajstić information content (AvgIpc) is 3.12. The van der Waals surface area contributed by atoms with Crippen LogP contribution in [-0.4, -0.2) is 28.0 Å². The summed E-state index contributed by atoms with van der Waals surface area (Å²) in [4.78, 5) is 28.8. The van der Waals surface area contributed by atoms with Crippen molar-refractivity contribution in [2.75, 3.05) is 6.54 Å². The highest BCUT2D eigenvalue weighted by Gasteiger charge is 2.25. The Kier molecular flexibility index (Phi) is 8.98. The first-order chi connectivity index (χ1) is 13.0. The van der Waals surface area contributed by atoms with Gasteiger partial charge < -0.3 is 15.0 Å². The van der Waals surface area contributed by atoms with Gasteiger partial charge in [-0.3, -0.25) is 9.59 Å². The Labute approximate surface area is 162 Å². The molecule has 1 fully saturated rings. The van der Waals surface area contributed by atoms with Gasteiger partial charge in [-0.25, -0.2) is 4.98 Å². The van der Waals surface area contributed by atoms with Crippen LogP contribution in [0.3, 0.4) is 0 Å². The van der Waals surface area contributed by atoms with Crippen molar-refractivity contribution in [3.63, 3.8) is 0 Å². The van der Waals surface area contributed by atoms with Gasteiger partial charge in [0.15, 0.2) is 0 Å². The van der Waals surface area contributed by atoms with E-state index >= 15 is 0 Å². The third-order valence-electron chi connectivity index (χ3n) is 5.56. The molecule has 152 valence electrons. The summed E-state index contributed by atoms with van der Waals surface area (Å²) in [6.07, 6.45) is 12.6. The molecule has 0 aromatic carbocycles. The first kappa shape index (κ1) is 21.6. The Balaban J connectivity index is 1.94. The van der Waals surface area contributed by atoms with E-state index in [9.17, 15) is 9.59 Å². The lowest BCUT2D eigenvalue weighted by Gasteiger charge is -2.26. The molecule has 1 aromatic heterocycles. The molecule has 27 heavy (non-hydrogen) atoms.